The van der Waals surface area contributed by atoms with Gasteiger partial charge in [0.1, 0.15) is 0 Å². The van der Waals surface area contributed by atoms with Gasteiger partial charge in [0, 0.05) is 19.8 Å². The van der Waals surface area contributed by atoms with Crippen LogP contribution in [-0.2, 0) is 13.6 Å². The lowest BCUT2D eigenvalue weighted by molar-refractivity contribution is 0.0662. The lowest BCUT2D eigenvalue weighted by Crippen LogP contribution is -2.27. The molecular weight excluding hydrogens is 218 g/mol. The van der Waals surface area contributed by atoms with Gasteiger partial charge in [-0.3, -0.25) is 14.1 Å². The van der Waals surface area contributed by atoms with Crippen molar-refractivity contribution in [2.24, 2.45) is 7.05 Å². The van der Waals surface area contributed by atoms with E-state index in [0.29, 0.717) is 13.0 Å². The molecular formula is C12H17N3O2. The monoisotopic (exact) mass is 235 g/mol. The maximum Gasteiger partial charge on any atom is 0.328 e. The van der Waals surface area contributed by atoms with Crippen molar-refractivity contribution in [2.75, 3.05) is 0 Å². The molecule has 0 aliphatic rings. The van der Waals surface area contributed by atoms with Crippen LogP contribution < -0.4 is 5.69 Å². The molecule has 0 spiro atoms. The number of aliphatic hydroxyl groups is 1. The van der Waals surface area contributed by atoms with Gasteiger partial charge in [-0.15, -0.1) is 0 Å². The molecule has 17 heavy (non-hydrogen) atoms. The molecule has 0 saturated carbocycles. The van der Waals surface area contributed by atoms with Crippen molar-refractivity contribution >= 4 is 11.0 Å². The number of nitrogens with zero attached hydrogens (tertiary/aromatic N) is 3. The van der Waals surface area contributed by atoms with Gasteiger partial charge in [-0.2, -0.15) is 0 Å². The van der Waals surface area contributed by atoms with Crippen molar-refractivity contribution < 1.29 is 5.11 Å². The van der Waals surface area contributed by atoms with E-state index in [0.717, 1.165) is 11.0 Å². The first kappa shape index (κ1) is 11.9. The van der Waals surface area contributed by atoms with Crippen LogP contribution in [0.5, 0.6) is 0 Å². The van der Waals surface area contributed by atoms with E-state index >= 15 is 0 Å². The number of aryl methyl sites for hydroxylation is 2. The largest absolute Gasteiger partial charge is 0.390 e. The molecule has 0 fully saturated rings. The molecule has 0 aliphatic heterocycles. The second-order valence-corrected chi connectivity index (χ2v) is 4.92. The number of hydrogen-bond donors (Lipinski definition) is 1. The van der Waals surface area contributed by atoms with Gasteiger partial charge >= 0.3 is 5.69 Å². The fourth-order valence-electron chi connectivity index (χ4n) is 1.85. The molecule has 0 bridgehead atoms. The minimum absolute atomic E-state index is 0.0720. The lowest BCUT2D eigenvalue weighted by atomic mass is 10.1. The second-order valence-electron chi connectivity index (χ2n) is 4.92. The normalized spacial score (nSPS) is 12.2. The molecule has 0 aliphatic carbocycles. The van der Waals surface area contributed by atoms with E-state index in [1.54, 1.807) is 42.4 Å². The predicted octanol–water partition coefficient (Wildman–Crippen LogP) is 0.896. The number of pyridine rings is 1. The average Bonchev–Trinajstić information content (AvgIpc) is 2.49. The minimum atomic E-state index is -0.769. The van der Waals surface area contributed by atoms with Gasteiger partial charge in [0.2, 0.25) is 0 Å². The number of aromatic nitrogens is 3. The summed E-state index contributed by atoms with van der Waals surface area (Å²) in [7, 11) is 1.73. The zero-order valence-electron chi connectivity index (χ0n) is 10.3. The molecule has 92 valence electrons. The van der Waals surface area contributed by atoms with Gasteiger partial charge in [-0.25, -0.2) is 4.79 Å². The number of imidazole rings is 1. The van der Waals surface area contributed by atoms with E-state index < -0.39 is 5.60 Å². The van der Waals surface area contributed by atoms with Crippen LogP contribution in [0.4, 0.5) is 0 Å². The molecule has 2 heterocycles. The SMILES string of the molecule is Cn1c(=O)n(CCC(C)(C)O)c2ccncc21. The fourth-order valence-corrected chi connectivity index (χ4v) is 1.85. The summed E-state index contributed by atoms with van der Waals surface area (Å²) in [6.45, 7) is 3.99. The molecule has 0 amide bonds. The first-order chi connectivity index (χ1) is 7.90. The first-order valence-corrected chi connectivity index (χ1v) is 5.62. The Morgan fingerprint density at radius 3 is 2.76 bits per heavy atom. The molecule has 0 atom stereocenters. The Morgan fingerprint density at radius 1 is 1.41 bits per heavy atom. The van der Waals surface area contributed by atoms with E-state index in [1.807, 2.05) is 6.07 Å². The highest BCUT2D eigenvalue weighted by atomic mass is 16.3. The molecule has 0 saturated heterocycles. The van der Waals surface area contributed by atoms with Crippen LogP contribution in [0.25, 0.3) is 11.0 Å². The van der Waals surface area contributed by atoms with Crippen LogP contribution in [-0.4, -0.2) is 24.8 Å². The highest BCUT2D eigenvalue weighted by Gasteiger charge is 2.15. The third-order valence-electron chi connectivity index (χ3n) is 2.89. The van der Waals surface area contributed by atoms with Crippen LogP contribution in [0.15, 0.2) is 23.3 Å². The number of hydrogen-bond acceptors (Lipinski definition) is 3. The molecule has 1 N–H and O–H groups in total. The maximum atomic E-state index is 12.0. The van der Waals surface area contributed by atoms with E-state index in [1.165, 1.54) is 0 Å². The summed E-state index contributed by atoms with van der Waals surface area (Å²) in [5, 5.41) is 9.71. The average molecular weight is 235 g/mol. The quantitative estimate of drug-likeness (QED) is 0.859. The molecule has 5 heteroatoms. The van der Waals surface area contributed by atoms with Crippen molar-refractivity contribution in [2.45, 2.75) is 32.4 Å². The fraction of sp³-hybridized carbons (Fsp3) is 0.500. The topological polar surface area (TPSA) is 60.0 Å². The molecule has 2 rings (SSSR count). The molecule has 0 unspecified atom stereocenters. The van der Waals surface area contributed by atoms with E-state index in [-0.39, 0.29) is 5.69 Å². The summed E-state index contributed by atoms with van der Waals surface area (Å²) in [6, 6.07) is 1.82. The highest BCUT2D eigenvalue weighted by molar-refractivity contribution is 5.74. The van der Waals surface area contributed by atoms with Crippen LogP contribution in [0.2, 0.25) is 0 Å². The standard InChI is InChI=1S/C12H17N3O2/c1-12(2,17)5-7-15-9-4-6-13-8-10(9)14(3)11(15)16/h4,6,8,17H,5,7H2,1-3H3. The summed E-state index contributed by atoms with van der Waals surface area (Å²) in [4.78, 5) is 16.0. The van der Waals surface area contributed by atoms with Crippen molar-refractivity contribution in [3.8, 4) is 0 Å². The van der Waals surface area contributed by atoms with Crippen molar-refractivity contribution in [3.63, 3.8) is 0 Å². The smallest absolute Gasteiger partial charge is 0.328 e. The van der Waals surface area contributed by atoms with Crippen LogP contribution in [0.3, 0.4) is 0 Å². The number of rotatable bonds is 3. The van der Waals surface area contributed by atoms with E-state index in [9.17, 15) is 9.90 Å². The Balaban J connectivity index is 2.47. The van der Waals surface area contributed by atoms with Crippen LogP contribution in [0, 0.1) is 0 Å². The maximum absolute atomic E-state index is 12.0. The summed E-state index contributed by atoms with van der Waals surface area (Å²) < 4.78 is 3.25. The van der Waals surface area contributed by atoms with Gasteiger partial charge in [-0.05, 0) is 26.3 Å². The van der Waals surface area contributed by atoms with E-state index in [4.69, 9.17) is 0 Å². The van der Waals surface area contributed by atoms with Crippen molar-refractivity contribution in [3.05, 3.63) is 28.9 Å². The van der Waals surface area contributed by atoms with Gasteiger partial charge in [0.05, 0.1) is 22.8 Å². The van der Waals surface area contributed by atoms with Crippen molar-refractivity contribution in [1.29, 1.82) is 0 Å². The first-order valence-electron chi connectivity index (χ1n) is 5.62. The molecule has 2 aromatic heterocycles. The van der Waals surface area contributed by atoms with Gasteiger partial charge in [0.15, 0.2) is 0 Å². The highest BCUT2D eigenvalue weighted by Crippen LogP contribution is 2.13. The summed E-state index contributed by atoms with van der Waals surface area (Å²) in [6.07, 6.45) is 3.88. The summed E-state index contributed by atoms with van der Waals surface area (Å²) >= 11 is 0. The molecule has 0 aromatic carbocycles. The molecule has 5 nitrogen and oxygen atoms in total. The summed E-state index contributed by atoms with van der Waals surface area (Å²) in [5.41, 5.74) is 0.830. The molecule has 0 radical (unpaired) electrons. The Morgan fingerprint density at radius 2 is 2.12 bits per heavy atom. The predicted molar refractivity (Wildman–Crippen MR) is 65.9 cm³/mol. The lowest BCUT2D eigenvalue weighted by Gasteiger charge is -2.16. The Bertz CT molecular complexity index is 590. The van der Waals surface area contributed by atoms with Gasteiger partial charge in [0.25, 0.3) is 0 Å². The van der Waals surface area contributed by atoms with Gasteiger partial charge < -0.3 is 5.11 Å². The molecule has 2 aromatic rings. The van der Waals surface area contributed by atoms with Crippen LogP contribution >= 0.6 is 0 Å². The third kappa shape index (κ3) is 2.24. The van der Waals surface area contributed by atoms with Crippen molar-refractivity contribution in [1.82, 2.24) is 14.1 Å². The third-order valence-corrected chi connectivity index (χ3v) is 2.89. The second kappa shape index (κ2) is 4.00. The van der Waals surface area contributed by atoms with E-state index in [2.05, 4.69) is 4.98 Å². The summed E-state index contributed by atoms with van der Waals surface area (Å²) in [5.74, 6) is 0. The Hall–Kier alpha value is -1.62. The zero-order valence-corrected chi connectivity index (χ0v) is 10.3. The van der Waals surface area contributed by atoms with Gasteiger partial charge in [-0.1, -0.05) is 0 Å². The van der Waals surface area contributed by atoms with Crippen LogP contribution in [0.1, 0.15) is 20.3 Å². The minimum Gasteiger partial charge on any atom is -0.390 e. The Kier molecular flexibility index (Phi) is 2.79. The zero-order chi connectivity index (χ0) is 12.6. The Labute approximate surface area is 99.3 Å². The number of fused-ring (bicyclic) bond motifs is 1.